The highest BCUT2D eigenvalue weighted by Gasteiger charge is 2.21. The van der Waals surface area contributed by atoms with Crippen molar-refractivity contribution < 1.29 is 9.53 Å². The monoisotopic (exact) mass is 478 g/mol. The zero-order chi connectivity index (χ0) is 22.6. The SMILES string of the molecule is CN(C(=O)COc1nc(CN2CCCCC2)nc2scc(-c3cccs3)c12)c1ccccc1. The minimum Gasteiger partial charge on any atom is -0.467 e. The van der Waals surface area contributed by atoms with Gasteiger partial charge >= 0.3 is 0 Å². The van der Waals surface area contributed by atoms with E-state index in [4.69, 9.17) is 14.7 Å². The Morgan fingerprint density at radius 2 is 1.88 bits per heavy atom. The number of nitrogens with zero attached hydrogens (tertiary/aromatic N) is 4. The van der Waals surface area contributed by atoms with Crippen LogP contribution in [0, 0.1) is 0 Å². The third-order valence-electron chi connectivity index (χ3n) is 5.90. The quantitative estimate of drug-likeness (QED) is 0.354. The Morgan fingerprint density at radius 3 is 2.64 bits per heavy atom. The van der Waals surface area contributed by atoms with Crippen LogP contribution in [0.1, 0.15) is 25.1 Å². The second-order valence-corrected chi connectivity index (χ2v) is 9.97. The summed E-state index contributed by atoms with van der Waals surface area (Å²) in [6.07, 6.45) is 3.72. The van der Waals surface area contributed by atoms with E-state index in [1.807, 2.05) is 36.4 Å². The van der Waals surface area contributed by atoms with E-state index in [0.29, 0.717) is 12.4 Å². The van der Waals surface area contributed by atoms with Gasteiger partial charge in [0.15, 0.2) is 6.61 Å². The molecule has 0 radical (unpaired) electrons. The van der Waals surface area contributed by atoms with Crippen LogP contribution in [0.15, 0.2) is 53.2 Å². The summed E-state index contributed by atoms with van der Waals surface area (Å²) in [6.45, 7) is 2.77. The fourth-order valence-corrected chi connectivity index (χ4v) is 5.85. The first kappa shape index (κ1) is 22.0. The van der Waals surface area contributed by atoms with E-state index in [1.54, 1.807) is 34.6 Å². The summed E-state index contributed by atoms with van der Waals surface area (Å²) in [6, 6.07) is 13.7. The number of fused-ring (bicyclic) bond motifs is 1. The Bertz CT molecular complexity index is 1220. The number of amides is 1. The Hall–Kier alpha value is -2.81. The zero-order valence-electron chi connectivity index (χ0n) is 18.6. The first-order chi connectivity index (χ1) is 16.2. The molecule has 5 rings (SSSR count). The highest BCUT2D eigenvalue weighted by molar-refractivity contribution is 7.18. The fraction of sp³-hybridized carbons (Fsp3) is 0.320. The van der Waals surface area contributed by atoms with Crippen LogP contribution in [0.4, 0.5) is 5.69 Å². The van der Waals surface area contributed by atoms with E-state index in [0.717, 1.165) is 45.3 Å². The standard InChI is InChI=1S/C25H26N4O2S2/c1-28(18-9-4-2-5-10-18)22(30)16-31-24-23-19(20-11-8-14-32-20)17-33-25(23)27-21(26-24)15-29-12-6-3-7-13-29/h2,4-5,8-11,14,17H,3,6-7,12-13,15-16H2,1H3. The normalized spacial score (nSPS) is 14.5. The predicted molar refractivity (Wildman–Crippen MR) is 135 cm³/mol. The molecule has 0 spiro atoms. The van der Waals surface area contributed by atoms with E-state index in [2.05, 4.69) is 21.7 Å². The highest BCUT2D eigenvalue weighted by Crippen LogP contribution is 2.40. The van der Waals surface area contributed by atoms with Gasteiger partial charge < -0.3 is 9.64 Å². The molecule has 0 unspecified atom stereocenters. The molecule has 6 nitrogen and oxygen atoms in total. The maximum Gasteiger partial charge on any atom is 0.264 e. The fourth-order valence-electron chi connectivity index (χ4n) is 4.08. The maximum atomic E-state index is 12.9. The van der Waals surface area contributed by atoms with Gasteiger partial charge in [0, 0.05) is 28.6 Å². The number of hydrogen-bond acceptors (Lipinski definition) is 7. The lowest BCUT2D eigenvalue weighted by atomic mass is 10.1. The number of para-hydroxylation sites is 1. The van der Waals surface area contributed by atoms with Gasteiger partial charge in [-0.2, -0.15) is 4.98 Å². The summed E-state index contributed by atoms with van der Waals surface area (Å²) in [4.78, 5) is 28.6. The molecule has 1 aromatic carbocycles. The summed E-state index contributed by atoms with van der Waals surface area (Å²) in [5.41, 5.74) is 1.90. The Kier molecular flexibility index (Phi) is 6.66. The van der Waals surface area contributed by atoms with E-state index in [-0.39, 0.29) is 12.5 Å². The second kappa shape index (κ2) is 9.99. The number of benzene rings is 1. The van der Waals surface area contributed by atoms with Crippen molar-refractivity contribution >= 4 is 44.5 Å². The van der Waals surface area contributed by atoms with E-state index in [1.165, 1.54) is 19.3 Å². The van der Waals surface area contributed by atoms with Crippen molar-refractivity contribution in [1.29, 1.82) is 0 Å². The zero-order valence-corrected chi connectivity index (χ0v) is 20.2. The van der Waals surface area contributed by atoms with Crippen molar-refractivity contribution in [2.75, 3.05) is 31.6 Å². The predicted octanol–water partition coefficient (Wildman–Crippen LogP) is 5.45. The molecule has 0 N–H and O–H groups in total. The number of rotatable bonds is 7. The van der Waals surface area contributed by atoms with Crippen LogP contribution in [-0.4, -0.2) is 47.5 Å². The third-order valence-corrected chi connectivity index (χ3v) is 7.67. The smallest absolute Gasteiger partial charge is 0.264 e. The summed E-state index contributed by atoms with van der Waals surface area (Å²) in [5, 5.41) is 5.06. The lowest BCUT2D eigenvalue weighted by molar-refractivity contribution is -0.120. The molecule has 3 aromatic heterocycles. The lowest BCUT2D eigenvalue weighted by Crippen LogP contribution is -2.31. The van der Waals surface area contributed by atoms with Gasteiger partial charge in [-0.3, -0.25) is 9.69 Å². The number of piperidine rings is 1. The molecule has 0 aliphatic carbocycles. The van der Waals surface area contributed by atoms with Gasteiger partial charge in [-0.25, -0.2) is 4.98 Å². The molecule has 170 valence electrons. The maximum absolute atomic E-state index is 12.9. The van der Waals surface area contributed by atoms with Crippen LogP contribution >= 0.6 is 22.7 Å². The number of likely N-dealkylation sites (N-methyl/N-ethyl adjacent to an activating group) is 1. The lowest BCUT2D eigenvalue weighted by Gasteiger charge is -2.25. The second-order valence-electron chi connectivity index (χ2n) is 8.17. The summed E-state index contributed by atoms with van der Waals surface area (Å²) in [5.74, 6) is 1.12. The Labute approximate surface area is 201 Å². The minimum atomic E-state index is -0.126. The average Bonchev–Trinajstić information content (AvgIpc) is 3.53. The molecular weight excluding hydrogens is 452 g/mol. The van der Waals surface area contributed by atoms with Crippen molar-refractivity contribution in [3.05, 3.63) is 59.0 Å². The van der Waals surface area contributed by atoms with Gasteiger partial charge in [-0.1, -0.05) is 30.7 Å². The number of ether oxygens (including phenoxy) is 1. The van der Waals surface area contributed by atoms with Crippen LogP contribution < -0.4 is 9.64 Å². The molecule has 4 heterocycles. The number of likely N-dealkylation sites (tertiary alicyclic amines) is 1. The van der Waals surface area contributed by atoms with Gasteiger partial charge in [-0.05, 0) is 49.5 Å². The molecule has 33 heavy (non-hydrogen) atoms. The average molecular weight is 479 g/mol. The largest absolute Gasteiger partial charge is 0.467 e. The highest BCUT2D eigenvalue weighted by atomic mass is 32.1. The van der Waals surface area contributed by atoms with Gasteiger partial charge in [0.05, 0.1) is 11.9 Å². The Balaban J connectivity index is 1.44. The van der Waals surface area contributed by atoms with Crippen LogP contribution in [0.2, 0.25) is 0 Å². The first-order valence-electron chi connectivity index (χ1n) is 11.2. The summed E-state index contributed by atoms with van der Waals surface area (Å²) < 4.78 is 6.10. The number of aromatic nitrogens is 2. The van der Waals surface area contributed by atoms with Gasteiger partial charge in [-0.15, -0.1) is 22.7 Å². The van der Waals surface area contributed by atoms with Crippen LogP contribution in [0.5, 0.6) is 5.88 Å². The first-order valence-corrected chi connectivity index (χ1v) is 12.9. The molecule has 1 fully saturated rings. The molecule has 1 aliphatic rings. The molecule has 0 saturated carbocycles. The van der Waals surface area contributed by atoms with Crippen molar-refractivity contribution in [2.45, 2.75) is 25.8 Å². The van der Waals surface area contributed by atoms with Crippen molar-refractivity contribution in [1.82, 2.24) is 14.9 Å². The minimum absolute atomic E-state index is 0.0829. The van der Waals surface area contributed by atoms with E-state index in [9.17, 15) is 4.79 Å². The molecule has 1 saturated heterocycles. The van der Waals surface area contributed by atoms with Gasteiger partial charge in [0.25, 0.3) is 5.91 Å². The summed E-state index contributed by atoms with van der Waals surface area (Å²) in [7, 11) is 1.76. The van der Waals surface area contributed by atoms with Gasteiger partial charge in [0.1, 0.15) is 10.7 Å². The van der Waals surface area contributed by atoms with Crippen LogP contribution in [0.3, 0.4) is 0 Å². The van der Waals surface area contributed by atoms with Crippen molar-refractivity contribution in [3.63, 3.8) is 0 Å². The Morgan fingerprint density at radius 1 is 1.06 bits per heavy atom. The number of thiophene rings is 2. The molecular formula is C25H26N4O2S2. The van der Waals surface area contributed by atoms with Crippen LogP contribution in [0.25, 0.3) is 20.7 Å². The van der Waals surface area contributed by atoms with Gasteiger partial charge in [0.2, 0.25) is 5.88 Å². The molecule has 8 heteroatoms. The van der Waals surface area contributed by atoms with Crippen LogP contribution in [-0.2, 0) is 11.3 Å². The molecule has 0 bridgehead atoms. The summed E-state index contributed by atoms with van der Waals surface area (Å²) >= 11 is 3.28. The number of anilines is 1. The van der Waals surface area contributed by atoms with E-state index >= 15 is 0 Å². The number of hydrogen-bond donors (Lipinski definition) is 0. The number of carbonyl (C=O) groups is 1. The molecule has 4 aromatic rings. The molecule has 1 aliphatic heterocycles. The number of carbonyl (C=O) groups excluding carboxylic acids is 1. The molecule has 1 amide bonds. The van der Waals surface area contributed by atoms with E-state index < -0.39 is 0 Å². The third kappa shape index (κ3) is 4.93. The van der Waals surface area contributed by atoms with Crippen molar-refractivity contribution in [3.8, 4) is 16.3 Å². The molecule has 0 atom stereocenters. The topological polar surface area (TPSA) is 58.6 Å². The van der Waals surface area contributed by atoms with Crippen molar-refractivity contribution in [2.24, 2.45) is 0 Å².